The zero-order valence-electron chi connectivity index (χ0n) is 33.3. The molecule has 5 aliphatic rings. The highest BCUT2D eigenvalue weighted by molar-refractivity contribution is 6.47. The first-order valence-electron chi connectivity index (χ1n) is 20.1. The minimum absolute atomic E-state index is 0.0117. The smallest absolute Gasteiger partial charge is 0.449 e. The number of nitro groups is 1. The van der Waals surface area contributed by atoms with Crippen molar-refractivity contribution in [2.24, 2.45) is 39.8 Å². The first-order chi connectivity index (χ1) is 26.7. The van der Waals surface area contributed by atoms with Crippen LogP contribution in [-0.4, -0.2) is 73.2 Å². The van der Waals surface area contributed by atoms with Crippen molar-refractivity contribution in [3.8, 4) is 11.1 Å². The van der Waals surface area contributed by atoms with Crippen molar-refractivity contribution in [3.63, 3.8) is 0 Å². The number of hydrogen-bond donors (Lipinski definition) is 4. The fourth-order valence-corrected chi connectivity index (χ4v) is 9.61. The summed E-state index contributed by atoms with van der Waals surface area (Å²) in [5, 5.41) is 15.9. The van der Waals surface area contributed by atoms with Gasteiger partial charge in [0, 0.05) is 37.8 Å². The molecule has 56 heavy (non-hydrogen) atoms. The number of nitrogens with one attached hydrogen (secondary N) is 3. The van der Waals surface area contributed by atoms with Crippen molar-refractivity contribution >= 4 is 30.9 Å². The molecule has 6 atom stereocenters. The van der Waals surface area contributed by atoms with E-state index >= 15 is 0 Å². The van der Waals surface area contributed by atoms with Crippen molar-refractivity contribution < 1.29 is 33.5 Å². The first-order valence-corrected chi connectivity index (χ1v) is 20.1. The summed E-state index contributed by atoms with van der Waals surface area (Å²) in [7, 11) is -0.607. The third kappa shape index (κ3) is 9.04. The number of alkyl carbamates (subject to hydrolysis) is 1. The molecule has 302 valence electrons. The average molecular weight is 773 g/mol. The van der Waals surface area contributed by atoms with Gasteiger partial charge in [0.05, 0.1) is 17.6 Å². The number of Topliss-reactive ketones (excluding diaryl/α,β-unsaturated/α-hetero) is 1. The molecule has 2 aromatic carbocycles. The van der Waals surface area contributed by atoms with E-state index in [1.807, 2.05) is 29.7 Å². The van der Waals surface area contributed by atoms with Crippen LogP contribution in [0.5, 0.6) is 0 Å². The summed E-state index contributed by atoms with van der Waals surface area (Å²) >= 11 is 0. The molecule has 0 aromatic heterocycles. The standard InChI is InChI=1S/C41H57BN6O8/c1-25(2)20-36(42-55-35-23-27-22-34(40(27,3)4)41(35,5)56-42)46-37(50)26(12-10-18-44-38(43)47-48(52)53)21-28(49)13-11-19-45-39(51)54-24-33-31-16-8-6-14-29(31)30-15-7-9-17-32(30)33/h6-9,14-17,25-27,33-36H,10-13,18-24H2,1-5H3,(H,45,51)(H,46,50)(H3,43,44,47)/t26-,27-,34-,35-,36+,41+/m1/s1. The number of aliphatic imine (C=N–C) groups is 1. The zero-order chi connectivity index (χ0) is 40.2. The molecule has 4 fully saturated rings. The van der Waals surface area contributed by atoms with Crippen LogP contribution in [-0.2, 0) is 23.6 Å². The highest BCUT2D eigenvalue weighted by atomic mass is 16.7. The van der Waals surface area contributed by atoms with Crippen LogP contribution in [0.2, 0.25) is 0 Å². The van der Waals surface area contributed by atoms with Gasteiger partial charge in [0.2, 0.25) is 5.91 Å². The van der Waals surface area contributed by atoms with Crippen LogP contribution < -0.4 is 21.8 Å². The Balaban J connectivity index is 1.02. The summed E-state index contributed by atoms with van der Waals surface area (Å²) in [6.07, 6.45) is 3.30. The zero-order valence-corrected chi connectivity index (χ0v) is 33.3. The summed E-state index contributed by atoms with van der Waals surface area (Å²) in [6.45, 7) is 11.5. The Bertz CT molecular complexity index is 1760. The van der Waals surface area contributed by atoms with E-state index < -0.39 is 35.7 Å². The molecule has 2 aromatic rings. The van der Waals surface area contributed by atoms with Crippen LogP contribution in [0.4, 0.5) is 4.79 Å². The summed E-state index contributed by atoms with van der Waals surface area (Å²) in [5.74, 6) is -0.678. The predicted molar refractivity (Wildman–Crippen MR) is 213 cm³/mol. The van der Waals surface area contributed by atoms with Gasteiger partial charge in [0.15, 0.2) is 5.03 Å². The van der Waals surface area contributed by atoms with Crippen LogP contribution in [0, 0.1) is 39.2 Å². The van der Waals surface area contributed by atoms with Crippen molar-refractivity contribution in [2.75, 3.05) is 19.7 Å². The molecule has 14 nitrogen and oxygen atoms in total. The van der Waals surface area contributed by atoms with Gasteiger partial charge in [-0.15, -0.1) is 0 Å². The lowest BCUT2D eigenvalue weighted by molar-refractivity contribution is -0.525. The van der Waals surface area contributed by atoms with E-state index in [0.29, 0.717) is 37.5 Å². The maximum absolute atomic E-state index is 14.0. The highest BCUT2D eigenvalue weighted by Gasteiger charge is 2.68. The number of fused-ring (bicyclic) bond motifs is 3. The predicted octanol–water partition coefficient (Wildman–Crippen LogP) is 5.56. The molecule has 2 bridgehead atoms. The molecule has 0 unspecified atom stereocenters. The molecular weight excluding hydrogens is 715 g/mol. The van der Waals surface area contributed by atoms with Crippen LogP contribution in [0.3, 0.4) is 0 Å². The summed E-state index contributed by atoms with van der Waals surface area (Å²) in [4.78, 5) is 54.7. The van der Waals surface area contributed by atoms with Gasteiger partial charge in [-0.05, 0) is 90.9 Å². The van der Waals surface area contributed by atoms with Gasteiger partial charge in [-0.2, -0.15) is 0 Å². The van der Waals surface area contributed by atoms with E-state index in [-0.39, 0.29) is 73.5 Å². The van der Waals surface area contributed by atoms with Gasteiger partial charge in [0.1, 0.15) is 12.4 Å². The van der Waals surface area contributed by atoms with Crippen molar-refractivity contribution in [3.05, 3.63) is 69.8 Å². The summed E-state index contributed by atoms with van der Waals surface area (Å²) in [5.41, 5.74) is 11.7. The maximum Gasteiger partial charge on any atom is 0.481 e. The van der Waals surface area contributed by atoms with E-state index in [2.05, 4.69) is 74.5 Å². The minimum atomic E-state index is -0.793. The summed E-state index contributed by atoms with van der Waals surface area (Å²) < 4.78 is 18.9. The lowest BCUT2D eigenvalue weighted by Crippen LogP contribution is -2.65. The van der Waals surface area contributed by atoms with Crippen LogP contribution in [0.1, 0.15) is 103 Å². The van der Waals surface area contributed by atoms with Gasteiger partial charge in [-0.25, -0.2) is 19.9 Å². The molecule has 7 rings (SSSR count). The molecule has 4 aliphatic carbocycles. The fraction of sp³-hybridized carbons (Fsp3) is 0.610. The number of carbonyl (C=O) groups excluding carboxylic acids is 3. The van der Waals surface area contributed by atoms with Gasteiger partial charge in [-0.3, -0.25) is 9.59 Å². The SMILES string of the molecule is CC(C)C[C@H](NC(=O)[C@H](CCCN=C(N)N[N+](=O)[O-])CC(=O)CCCNC(=O)OCC1c2ccccc2-c2ccccc21)B1O[C@@H]2C[C@H]3C[C@H](C3(C)C)[C@]2(C)O1. The molecule has 1 heterocycles. The third-order valence-electron chi connectivity index (χ3n) is 12.6. The Labute approximate surface area is 329 Å². The summed E-state index contributed by atoms with van der Waals surface area (Å²) in [6, 6.07) is 16.3. The fourth-order valence-electron chi connectivity index (χ4n) is 9.61. The van der Waals surface area contributed by atoms with E-state index in [1.165, 1.54) is 0 Å². The molecule has 15 heteroatoms. The number of hydrazine groups is 1. The largest absolute Gasteiger partial charge is 0.481 e. The Morgan fingerprint density at radius 3 is 2.38 bits per heavy atom. The maximum atomic E-state index is 14.0. The number of nitrogens with two attached hydrogens (primary N) is 1. The monoisotopic (exact) mass is 772 g/mol. The number of rotatable bonds is 18. The Morgan fingerprint density at radius 2 is 1.73 bits per heavy atom. The number of nitrogens with zero attached hydrogens (tertiary/aromatic N) is 2. The van der Waals surface area contributed by atoms with Gasteiger partial charge in [0.25, 0.3) is 5.96 Å². The topological polar surface area (TPSA) is 197 Å². The van der Waals surface area contributed by atoms with Crippen molar-refractivity contribution in [2.45, 2.75) is 110 Å². The van der Waals surface area contributed by atoms with E-state index in [0.717, 1.165) is 35.1 Å². The van der Waals surface area contributed by atoms with E-state index in [9.17, 15) is 24.5 Å². The second-order valence-corrected chi connectivity index (χ2v) is 17.2. The highest BCUT2D eigenvalue weighted by Crippen LogP contribution is 2.65. The van der Waals surface area contributed by atoms with Crippen molar-refractivity contribution in [1.29, 1.82) is 0 Å². The van der Waals surface area contributed by atoms with Crippen molar-refractivity contribution in [1.82, 2.24) is 16.1 Å². The number of carbonyl (C=O) groups is 3. The molecule has 3 saturated carbocycles. The number of ketones is 1. The molecule has 0 radical (unpaired) electrons. The molecular formula is C41H57BN6O8. The molecule has 5 N–H and O–H groups in total. The second-order valence-electron chi connectivity index (χ2n) is 17.2. The Kier molecular flexibility index (Phi) is 12.7. The molecule has 1 saturated heterocycles. The number of amides is 2. The molecule has 1 aliphatic heterocycles. The van der Waals surface area contributed by atoms with E-state index in [4.69, 9.17) is 19.8 Å². The number of ether oxygens (including phenoxy) is 1. The van der Waals surface area contributed by atoms with Gasteiger partial charge >= 0.3 is 13.2 Å². The first kappa shape index (κ1) is 41.1. The Hall–Kier alpha value is -4.50. The van der Waals surface area contributed by atoms with Crippen LogP contribution >= 0.6 is 0 Å². The number of benzene rings is 2. The number of guanidine groups is 1. The van der Waals surface area contributed by atoms with Crippen LogP contribution in [0.15, 0.2) is 53.5 Å². The number of hydrogen-bond acceptors (Lipinski definition) is 9. The van der Waals surface area contributed by atoms with Gasteiger partial charge in [-0.1, -0.05) is 81.7 Å². The third-order valence-corrected chi connectivity index (χ3v) is 12.6. The van der Waals surface area contributed by atoms with Crippen LogP contribution in [0.25, 0.3) is 11.1 Å². The Morgan fingerprint density at radius 1 is 1.05 bits per heavy atom. The molecule has 2 amide bonds. The normalized spacial score (nSPS) is 24.3. The van der Waals surface area contributed by atoms with E-state index in [1.54, 1.807) is 0 Å². The molecule has 0 spiro atoms. The second kappa shape index (κ2) is 17.3. The average Bonchev–Trinajstić information content (AvgIpc) is 3.67. The van der Waals surface area contributed by atoms with Gasteiger partial charge < -0.3 is 30.4 Å². The lowest BCUT2D eigenvalue weighted by Gasteiger charge is -2.64. The lowest BCUT2D eigenvalue weighted by atomic mass is 9.43. The quantitative estimate of drug-likeness (QED) is 0.0372. The minimum Gasteiger partial charge on any atom is -0.449 e.